The average molecular weight is 535 g/mol. The lowest BCUT2D eigenvalue weighted by molar-refractivity contribution is 0.336. The highest BCUT2D eigenvalue weighted by molar-refractivity contribution is 14.0. The minimum atomic E-state index is -3.50. The van der Waals surface area contributed by atoms with Gasteiger partial charge in [-0.2, -0.15) is 0 Å². The zero-order valence-electron chi connectivity index (χ0n) is 17.2. The number of aromatic nitrogens is 1. The largest absolute Gasteiger partial charge is 0.494 e. The van der Waals surface area contributed by atoms with Crippen LogP contribution in [0.25, 0.3) is 0 Å². The fourth-order valence-electron chi connectivity index (χ4n) is 2.58. The molecule has 8 nitrogen and oxygen atoms in total. The van der Waals surface area contributed by atoms with Crippen LogP contribution in [0.15, 0.2) is 46.5 Å². The SMILES string of the molecule is CCOc1cc(C)ccc1CNC(=NC)NCCNS(=O)(=O)c1ccn(C)c1.I. The first-order chi connectivity index (χ1) is 13.4. The van der Waals surface area contributed by atoms with E-state index in [1.807, 2.05) is 32.0 Å². The van der Waals surface area contributed by atoms with Gasteiger partial charge in [-0.25, -0.2) is 13.1 Å². The second-order valence-corrected chi connectivity index (χ2v) is 8.07. The van der Waals surface area contributed by atoms with Gasteiger partial charge < -0.3 is 19.9 Å². The predicted octanol–water partition coefficient (Wildman–Crippen LogP) is 1.99. The minimum absolute atomic E-state index is 0. The van der Waals surface area contributed by atoms with Gasteiger partial charge in [-0.1, -0.05) is 12.1 Å². The van der Waals surface area contributed by atoms with Crippen LogP contribution in [0.3, 0.4) is 0 Å². The number of halogens is 1. The topological polar surface area (TPSA) is 96.8 Å². The van der Waals surface area contributed by atoms with Crippen molar-refractivity contribution in [2.45, 2.75) is 25.3 Å². The molecule has 0 saturated heterocycles. The van der Waals surface area contributed by atoms with E-state index in [-0.39, 0.29) is 35.4 Å². The molecule has 2 aromatic rings. The van der Waals surface area contributed by atoms with E-state index in [0.29, 0.717) is 25.7 Å². The normalized spacial score (nSPS) is 11.7. The van der Waals surface area contributed by atoms with Crippen LogP contribution in [-0.4, -0.2) is 45.7 Å². The fraction of sp³-hybridized carbons (Fsp3) is 0.421. The fourth-order valence-corrected chi connectivity index (χ4v) is 3.67. The first kappa shape index (κ1) is 25.2. The standard InChI is InChI=1S/C19H29N5O3S.HI/c1-5-27-18-12-15(2)6-7-16(18)13-22-19(20-3)21-9-10-23-28(25,26)17-8-11-24(4)14-17;/h6-8,11-12,14,23H,5,9-10,13H2,1-4H3,(H2,20,21,22);1H. The van der Waals surface area contributed by atoms with Crippen LogP contribution < -0.4 is 20.1 Å². The smallest absolute Gasteiger partial charge is 0.242 e. The lowest BCUT2D eigenvalue weighted by Crippen LogP contribution is -2.41. The molecule has 0 amide bonds. The molecule has 0 spiro atoms. The molecule has 0 radical (unpaired) electrons. The van der Waals surface area contributed by atoms with Crippen LogP contribution >= 0.6 is 24.0 Å². The summed E-state index contributed by atoms with van der Waals surface area (Å²) in [5.41, 5.74) is 2.17. The van der Waals surface area contributed by atoms with Crippen LogP contribution in [0, 0.1) is 6.92 Å². The first-order valence-electron chi connectivity index (χ1n) is 9.14. The van der Waals surface area contributed by atoms with Gasteiger partial charge in [0.1, 0.15) is 5.75 Å². The van der Waals surface area contributed by atoms with Crippen LogP contribution in [0.2, 0.25) is 0 Å². The highest BCUT2D eigenvalue weighted by Gasteiger charge is 2.14. The molecule has 0 saturated carbocycles. The number of ether oxygens (including phenoxy) is 1. The van der Waals surface area contributed by atoms with Crippen molar-refractivity contribution < 1.29 is 13.2 Å². The number of sulfonamides is 1. The van der Waals surface area contributed by atoms with Gasteiger partial charge in [0.05, 0.1) is 11.5 Å². The Bertz CT molecular complexity index is 912. The van der Waals surface area contributed by atoms with Gasteiger partial charge in [0.15, 0.2) is 5.96 Å². The summed E-state index contributed by atoms with van der Waals surface area (Å²) in [6.45, 7) is 5.77. The molecule has 0 unspecified atom stereocenters. The quantitative estimate of drug-likeness (QED) is 0.198. The third kappa shape index (κ3) is 7.86. The Morgan fingerprint density at radius 2 is 1.97 bits per heavy atom. The van der Waals surface area contributed by atoms with E-state index < -0.39 is 10.0 Å². The lowest BCUT2D eigenvalue weighted by atomic mass is 10.1. The van der Waals surface area contributed by atoms with Crippen molar-refractivity contribution >= 4 is 40.0 Å². The number of rotatable bonds is 9. The first-order valence-corrected chi connectivity index (χ1v) is 10.6. The van der Waals surface area contributed by atoms with Crippen LogP contribution in [0.4, 0.5) is 0 Å². The van der Waals surface area contributed by atoms with Crippen LogP contribution in [0.5, 0.6) is 5.75 Å². The molecule has 1 aromatic carbocycles. The molecular weight excluding hydrogens is 505 g/mol. The van der Waals surface area contributed by atoms with Gasteiger partial charge in [0.25, 0.3) is 0 Å². The van der Waals surface area contributed by atoms with E-state index in [1.165, 1.54) is 0 Å². The zero-order valence-corrected chi connectivity index (χ0v) is 20.4. The molecule has 10 heteroatoms. The summed E-state index contributed by atoms with van der Waals surface area (Å²) >= 11 is 0. The Kier molecular flexibility index (Phi) is 10.5. The third-order valence-electron chi connectivity index (χ3n) is 4.02. The highest BCUT2D eigenvalue weighted by Crippen LogP contribution is 2.20. The maximum Gasteiger partial charge on any atom is 0.242 e. The Hall–Kier alpha value is -1.79. The Morgan fingerprint density at radius 3 is 2.59 bits per heavy atom. The number of hydrogen-bond donors (Lipinski definition) is 3. The number of benzene rings is 1. The molecule has 1 aromatic heterocycles. The summed E-state index contributed by atoms with van der Waals surface area (Å²) < 4.78 is 34.3. The Morgan fingerprint density at radius 1 is 1.21 bits per heavy atom. The van der Waals surface area contributed by atoms with Crippen molar-refractivity contribution in [2.75, 3.05) is 26.7 Å². The number of hydrogen-bond acceptors (Lipinski definition) is 4. The molecule has 2 rings (SSSR count). The molecular formula is C19H30IN5O3S. The van der Waals surface area contributed by atoms with E-state index in [0.717, 1.165) is 16.9 Å². The van der Waals surface area contributed by atoms with Crippen LogP contribution in [0.1, 0.15) is 18.1 Å². The Balaban J connectivity index is 0.00000420. The zero-order chi connectivity index (χ0) is 20.6. The minimum Gasteiger partial charge on any atom is -0.494 e. The summed E-state index contributed by atoms with van der Waals surface area (Å²) in [5.74, 6) is 1.43. The summed E-state index contributed by atoms with van der Waals surface area (Å²) in [7, 11) is -0.0553. The van der Waals surface area contributed by atoms with Gasteiger partial charge in [-0.15, -0.1) is 24.0 Å². The van der Waals surface area contributed by atoms with Crippen molar-refractivity contribution in [3.63, 3.8) is 0 Å². The summed E-state index contributed by atoms with van der Waals surface area (Å²) in [4.78, 5) is 4.42. The molecule has 1 heterocycles. The van der Waals surface area contributed by atoms with Gasteiger partial charge >= 0.3 is 0 Å². The van der Waals surface area contributed by atoms with Gasteiger partial charge in [0, 0.05) is 51.7 Å². The van der Waals surface area contributed by atoms with Gasteiger partial charge in [-0.3, -0.25) is 4.99 Å². The number of nitrogens with one attached hydrogen (secondary N) is 3. The summed E-state index contributed by atoms with van der Waals surface area (Å²) in [5, 5.41) is 6.31. The molecule has 0 aliphatic heterocycles. The van der Waals surface area contributed by atoms with Gasteiger partial charge in [0.2, 0.25) is 10.0 Å². The summed E-state index contributed by atoms with van der Waals surface area (Å²) in [6, 6.07) is 7.63. The third-order valence-corrected chi connectivity index (χ3v) is 5.46. The number of aryl methyl sites for hydroxylation is 2. The molecule has 0 fully saturated rings. The second-order valence-electron chi connectivity index (χ2n) is 6.31. The maximum absolute atomic E-state index is 12.2. The monoisotopic (exact) mass is 535 g/mol. The van der Waals surface area contributed by atoms with Crippen molar-refractivity contribution in [2.24, 2.45) is 12.0 Å². The second kappa shape index (κ2) is 12.0. The molecule has 0 atom stereocenters. The van der Waals surface area contributed by atoms with Gasteiger partial charge in [-0.05, 0) is 31.5 Å². The van der Waals surface area contributed by atoms with Crippen molar-refractivity contribution in [1.82, 2.24) is 19.9 Å². The van der Waals surface area contributed by atoms with Crippen molar-refractivity contribution in [1.29, 1.82) is 0 Å². The molecule has 0 bridgehead atoms. The lowest BCUT2D eigenvalue weighted by Gasteiger charge is -2.15. The Labute approximate surface area is 190 Å². The van der Waals surface area contributed by atoms with E-state index in [9.17, 15) is 8.42 Å². The summed E-state index contributed by atoms with van der Waals surface area (Å²) in [6.07, 6.45) is 3.26. The highest BCUT2D eigenvalue weighted by atomic mass is 127. The van der Waals surface area contributed by atoms with E-state index in [4.69, 9.17) is 4.74 Å². The van der Waals surface area contributed by atoms with Crippen molar-refractivity contribution in [3.8, 4) is 5.75 Å². The van der Waals surface area contributed by atoms with E-state index in [2.05, 4.69) is 20.3 Å². The predicted molar refractivity (Wildman–Crippen MR) is 127 cm³/mol. The number of guanidine groups is 1. The number of aliphatic imine (C=N–C) groups is 1. The van der Waals surface area contributed by atoms with Crippen molar-refractivity contribution in [3.05, 3.63) is 47.8 Å². The molecule has 29 heavy (non-hydrogen) atoms. The molecule has 162 valence electrons. The number of nitrogens with zero attached hydrogens (tertiary/aromatic N) is 2. The van der Waals surface area contributed by atoms with E-state index >= 15 is 0 Å². The molecule has 0 aliphatic rings. The van der Waals surface area contributed by atoms with E-state index in [1.54, 1.807) is 37.1 Å². The molecule has 3 N–H and O–H groups in total. The van der Waals surface area contributed by atoms with Crippen LogP contribution in [-0.2, 0) is 23.6 Å². The average Bonchev–Trinajstić information content (AvgIpc) is 3.10. The molecule has 0 aliphatic carbocycles. The maximum atomic E-state index is 12.2.